The Morgan fingerprint density at radius 3 is 2.55 bits per heavy atom. The van der Waals surface area contributed by atoms with E-state index in [-0.39, 0.29) is 10.7 Å². The quantitative estimate of drug-likeness (QED) is 0.597. The third-order valence-corrected chi connectivity index (χ3v) is 3.59. The minimum absolute atomic E-state index is 0.122. The van der Waals surface area contributed by atoms with Crippen molar-refractivity contribution in [1.29, 1.82) is 0 Å². The summed E-state index contributed by atoms with van der Waals surface area (Å²) in [7, 11) is 3.65. The van der Waals surface area contributed by atoms with Crippen LogP contribution in [-0.2, 0) is 4.79 Å². The van der Waals surface area contributed by atoms with Crippen molar-refractivity contribution in [1.82, 2.24) is 4.90 Å². The predicted molar refractivity (Wildman–Crippen MR) is 48.8 cm³/mol. The molecule has 0 spiro atoms. The minimum atomic E-state index is -0.122. The van der Waals surface area contributed by atoms with E-state index in [9.17, 15) is 4.79 Å². The number of carbonyl (C=O) groups is 1. The number of thioether (sulfide) groups is 1. The lowest BCUT2D eigenvalue weighted by molar-refractivity contribution is -0.130. The average molecular weight is 173 g/mol. The van der Waals surface area contributed by atoms with E-state index in [1.165, 1.54) is 6.42 Å². The molecule has 11 heavy (non-hydrogen) atoms. The molecule has 0 aliphatic carbocycles. The molecular weight excluding hydrogens is 158 g/mol. The van der Waals surface area contributed by atoms with Gasteiger partial charge in [0.05, 0.1) is 4.75 Å². The fourth-order valence-corrected chi connectivity index (χ4v) is 2.75. The monoisotopic (exact) mass is 173 g/mol. The van der Waals surface area contributed by atoms with Gasteiger partial charge in [-0.05, 0) is 25.5 Å². The van der Waals surface area contributed by atoms with Gasteiger partial charge in [0.1, 0.15) is 0 Å². The highest BCUT2D eigenvalue weighted by Gasteiger charge is 2.37. The van der Waals surface area contributed by atoms with Crippen molar-refractivity contribution in [2.24, 2.45) is 0 Å². The highest BCUT2D eigenvalue weighted by atomic mass is 32.2. The third-order valence-electron chi connectivity index (χ3n) is 2.08. The lowest BCUT2D eigenvalue weighted by Gasteiger charge is -2.25. The smallest absolute Gasteiger partial charge is 0.237 e. The fourth-order valence-electron chi connectivity index (χ4n) is 1.42. The van der Waals surface area contributed by atoms with E-state index < -0.39 is 0 Å². The zero-order chi connectivity index (χ0) is 8.48. The van der Waals surface area contributed by atoms with E-state index in [0.29, 0.717) is 0 Å². The van der Waals surface area contributed by atoms with Gasteiger partial charge in [0.25, 0.3) is 0 Å². The molecule has 0 aromatic heterocycles. The van der Waals surface area contributed by atoms with E-state index in [2.05, 4.69) is 0 Å². The average Bonchev–Trinajstić information content (AvgIpc) is 2.35. The highest BCUT2D eigenvalue weighted by Crippen LogP contribution is 2.38. The van der Waals surface area contributed by atoms with Crippen LogP contribution in [-0.4, -0.2) is 35.4 Å². The largest absolute Gasteiger partial charge is 0.348 e. The molecule has 64 valence electrons. The normalized spacial score (nSPS) is 30.5. The Morgan fingerprint density at radius 2 is 2.18 bits per heavy atom. The van der Waals surface area contributed by atoms with E-state index in [1.807, 2.05) is 21.0 Å². The molecule has 0 aromatic carbocycles. The lowest BCUT2D eigenvalue weighted by Crippen LogP contribution is -2.39. The standard InChI is InChI=1S/C8H15NOS/c1-8(5-4-6-11-8)7(10)9(2)3/h4-6H2,1-3H3. The summed E-state index contributed by atoms with van der Waals surface area (Å²) in [5.74, 6) is 1.40. The molecule has 1 aliphatic heterocycles. The van der Waals surface area contributed by atoms with Crippen molar-refractivity contribution in [3.05, 3.63) is 0 Å². The molecule has 1 saturated heterocycles. The second kappa shape index (κ2) is 3.05. The molecule has 0 aromatic rings. The number of amides is 1. The second-order valence-electron chi connectivity index (χ2n) is 3.38. The number of hydrogen-bond donors (Lipinski definition) is 0. The zero-order valence-corrected chi connectivity index (χ0v) is 8.20. The Kier molecular flexibility index (Phi) is 2.47. The number of rotatable bonds is 1. The Hall–Kier alpha value is -0.180. The third kappa shape index (κ3) is 1.70. The van der Waals surface area contributed by atoms with Crippen LogP contribution in [0.15, 0.2) is 0 Å². The van der Waals surface area contributed by atoms with Gasteiger partial charge in [-0.3, -0.25) is 4.79 Å². The fraction of sp³-hybridized carbons (Fsp3) is 0.875. The summed E-state index contributed by atoms with van der Waals surface area (Å²) in [6.45, 7) is 2.05. The van der Waals surface area contributed by atoms with Gasteiger partial charge in [0.2, 0.25) is 5.91 Å². The van der Waals surface area contributed by atoms with Crippen LogP contribution in [0.1, 0.15) is 19.8 Å². The molecule has 0 radical (unpaired) electrons. The molecule has 2 nitrogen and oxygen atoms in total. The molecule has 1 unspecified atom stereocenters. The minimum Gasteiger partial charge on any atom is -0.348 e. The molecule has 1 fully saturated rings. The van der Waals surface area contributed by atoms with Gasteiger partial charge < -0.3 is 4.90 Å². The molecule has 1 amide bonds. The lowest BCUT2D eigenvalue weighted by atomic mass is 10.0. The van der Waals surface area contributed by atoms with Crippen molar-refractivity contribution >= 4 is 17.7 Å². The Labute approximate surface area is 72.3 Å². The zero-order valence-electron chi connectivity index (χ0n) is 7.39. The van der Waals surface area contributed by atoms with Crippen molar-refractivity contribution < 1.29 is 4.79 Å². The molecule has 1 rings (SSSR count). The first-order valence-corrected chi connectivity index (χ1v) is 4.90. The van der Waals surface area contributed by atoms with Crippen LogP contribution >= 0.6 is 11.8 Å². The SMILES string of the molecule is CN(C)C(=O)C1(C)CCCS1. The summed E-state index contributed by atoms with van der Waals surface area (Å²) in [4.78, 5) is 13.3. The van der Waals surface area contributed by atoms with Gasteiger partial charge in [0, 0.05) is 14.1 Å². The van der Waals surface area contributed by atoms with E-state index >= 15 is 0 Å². The van der Waals surface area contributed by atoms with Crippen LogP contribution < -0.4 is 0 Å². The van der Waals surface area contributed by atoms with Crippen molar-refractivity contribution in [3.8, 4) is 0 Å². The summed E-state index contributed by atoms with van der Waals surface area (Å²) in [6.07, 6.45) is 2.22. The van der Waals surface area contributed by atoms with Gasteiger partial charge >= 0.3 is 0 Å². The molecule has 1 heterocycles. The summed E-state index contributed by atoms with van der Waals surface area (Å²) < 4.78 is -0.122. The summed E-state index contributed by atoms with van der Waals surface area (Å²) in [5, 5.41) is 0. The van der Waals surface area contributed by atoms with Gasteiger partial charge in [-0.15, -0.1) is 11.8 Å². The summed E-state index contributed by atoms with van der Waals surface area (Å²) in [5.41, 5.74) is 0. The topological polar surface area (TPSA) is 20.3 Å². The molecule has 0 bridgehead atoms. The molecule has 0 saturated carbocycles. The Morgan fingerprint density at radius 1 is 1.55 bits per heavy atom. The highest BCUT2D eigenvalue weighted by molar-refractivity contribution is 8.01. The second-order valence-corrected chi connectivity index (χ2v) is 4.98. The summed E-state index contributed by atoms with van der Waals surface area (Å²) in [6, 6.07) is 0. The number of carbonyl (C=O) groups excluding carboxylic acids is 1. The van der Waals surface area contributed by atoms with Crippen molar-refractivity contribution in [2.75, 3.05) is 19.8 Å². The van der Waals surface area contributed by atoms with Gasteiger partial charge in [-0.1, -0.05) is 0 Å². The molecule has 1 atom stereocenters. The molecule has 3 heteroatoms. The first-order chi connectivity index (χ1) is 5.06. The first kappa shape index (κ1) is 8.91. The van der Waals surface area contributed by atoms with Gasteiger partial charge in [-0.25, -0.2) is 0 Å². The van der Waals surface area contributed by atoms with Crippen LogP contribution in [0.3, 0.4) is 0 Å². The maximum absolute atomic E-state index is 11.6. The van der Waals surface area contributed by atoms with Crippen LogP contribution in [0.25, 0.3) is 0 Å². The van der Waals surface area contributed by atoms with Gasteiger partial charge in [-0.2, -0.15) is 0 Å². The predicted octanol–water partition coefficient (Wildman–Crippen LogP) is 1.36. The number of nitrogens with zero attached hydrogens (tertiary/aromatic N) is 1. The van der Waals surface area contributed by atoms with Crippen molar-refractivity contribution in [3.63, 3.8) is 0 Å². The molecule has 0 N–H and O–H groups in total. The van der Waals surface area contributed by atoms with E-state index in [4.69, 9.17) is 0 Å². The van der Waals surface area contributed by atoms with Crippen LogP contribution in [0.4, 0.5) is 0 Å². The van der Waals surface area contributed by atoms with Crippen LogP contribution in [0.5, 0.6) is 0 Å². The van der Waals surface area contributed by atoms with Crippen LogP contribution in [0, 0.1) is 0 Å². The van der Waals surface area contributed by atoms with Crippen LogP contribution in [0.2, 0.25) is 0 Å². The maximum Gasteiger partial charge on any atom is 0.237 e. The Bertz CT molecular complexity index is 161. The van der Waals surface area contributed by atoms with E-state index in [0.717, 1.165) is 12.2 Å². The molecular formula is C8H15NOS. The maximum atomic E-state index is 11.6. The van der Waals surface area contributed by atoms with Crippen molar-refractivity contribution in [2.45, 2.75) is 24.5 Å². The van der Waals surface area contributed by atoms with Gasteiger partial charge in [0.15, 0.2) is 0 Å². The summed E-state index contributed by atoms with van der Waals surface area (Å²) >= 11 is 1.79. The number of hydrogen-bond acceptors (Lipinski definition) is 2. The molecule has 1 aliphatic rings. The first-order valence-electron chi connectivity index (χ1n) is 3.92. The Balaban J connectivity index is 2.64. The van der Waals surface area contributed by atoms with E-state index in [1.54, 1.807) is 16.7 Å².